The molecule has 3 rings (SSSR count). The SMILES string of the molecule is CCC(Oc1ccc2c(c1)CCCC2)C(=O)N(C)Cc1ccc(Cl)cc1. The molecule has 138 valence electrons. The summed E-state index contributed by atoms with van der Waals surface area (Å²) in [5.41, 5.74) is 3.84. The summed E-state index contributed by atoms with van der Waals surface area (Å²) in [5, 5.41) is 0.699. The number of rotatable bonds is 6. The van der Waals surface area contributed by atoms with E-state index in [0.29, 0.717) is 18.0 Å². The molecule has 0 N–H and O–H groups in total. The van der Waals surface area contributed by atoms with E-state index in [-0.39, 0.29) is 5.91 Å². The van der Waals surface area contributed by atoms with Gasteiger partial charge in [0.25, 0.3) is 5.91 Å². The minimum absolute atomic E-state index is 0.000158. The number of carbonyl (C=O) groups is 1. The highest BCUT2D eigenvalue weighted by Gasteiger charge is 2.23. The molecule has 2 aromatic carbocycles. The molecule has 0 saturated heterocycles. The Morgan fingerprint density at radius 2 is 1.81 bits per heavy atom. The minimum Gasteiger partial charge on any atom is -0.481 e. The Hall–Kier alpha value is -2.00. The number of nitrogens with zero attached hydrogens (tertiary/aromatic N) is 1. The van der Waals surface area contributed by atoms with E-state index in [9.17, 15) is 4.79 Å². The summed E-state index contributed by atoms with van der Waals surface area (Å²) in [6.07, 6.45) is 4.92. The van der Waals surface area contributed by atoms with Crippen molar-refractivity contribution in [3.8, 4) is 5.75 Å². The van der Waals surface area contributed by atoms with Gasteiger partial charge in [0.2, 0.25) is 0 Å². The molecule has 4 heteroatoms. The number of amides is 1. The van der Waals surface area contributed by atoms with Crippen molar-refractivity contribution < 1.29 is 9.53 Å². The smallest absolute Gasteiger partial charge is 0.263 e. The van der Waals surface area contributed by atoms with Crippen molar-refractivity contribution in [2.45, 2.75) is 51.7 Å². The summed E-state index contributed by atoms with van der Waals surface area (Å²) in [4.78, 5) is 14.5. The maximum Gasteiger partial charge on any atom is 0.263 e. The molecule has 1 aliphatic carbocycles. The summed E-state index contributed by atoms with van der Waals surface area (Å²) in [6.45, 7) is 2.52. The van der Waals surface area contributed by atoms with Crippen LogP contribution in [0.5, 0.6) is 5.75 Å². The average molecular weight is 372 g/mol. The van der Waals surface area contributed by atoms with Crippen molar-refractivity contribution in [3.05, 3.63) is 64.2 Å². The molecule has 1 amide bonds. The van der Waals surface area contributed by atoms with Crippen LogP contribution in [0.15, 0.2) is 42.5 Å². The van der Waals surface area contributed by atoms with E-state index in [1.54, 1.807) is 4.90 Å². The largest absolute Gasteiger partial charge is 0.481 e. The number of benzene rings is 2. The molecule has 0 aliphatic heterocycles. The van der Waals surface area contributed by atoms with Crippen molar-refractivity contribution in [2.24, 2.45) is 0 Å². The highest BCUT2D eigenvalue weighted by Crippen LogP contribution is 2.26. The zero-order valence-corrected chi connectivity index (χ0v) is 16.3. The van der Waals surface area contributed by atoms with Gasteiger partial charge in [0.05, 0.1) is 0 Å². The van der Waals surface area contributed by atoms with Gasteiger partial charge in [-0.2, -0.15) is 0 Å². The topological polar surface area (TPSA) is 29.5 Å². The first-order valence-electron chi connectivity index (χ1n) is 9.34. The molecule has 3 nitrogen and oxygen atoms in total. The maximum atomic E-state index is 12.8. The fourth-order valence-electron chi connectivity index (χ4n) is 3.44. The lowest BCUT2D eigenvalue weighted by molar-refractivity contribution is -0.138. The second-order valence-corrected chi connectivity index (χ2v) is 7.41. The van der Waals surface area contributed by atoms with E-state index in [1.165, 1.54) is 24.0 Å². The molecular weight excluding hydrogens is 346 g/mol. The number of halogens is 1. The van der Waals surface area contributed by atoms with Gasteiger partial charge in [-0.05, 0) is 73.1 Å². The summed E-state index contributed by atoms with van der Waals surface area (Å²) < 4.78 is 6.06. The molecule has 0 spiro atoms. The Labute approximate surface area is 160 Å². The fraction of sp³-hybridized carbons (Fsp3) is 0.409. The van der Waals surface area contributed by atoms with Gasteiger partial charge in [0.1, 0.15) is 5.75 Å². The molecule has 0 radical (unpaired) electrons. The van der Waals surface area contributed by atoms with E-state index >= 15 is 0 Å². The number of aryl methyl sites for hydroxylation is 2. The summed E-state index contributed by atoms with van der Waals surface area (Å²) in [6, 6.07) is 13.8. The quantitative estimate of drug-likeness (QED) is 0.712. The third kappa shape index (κ3) is 4.59. The lowest BCUT2D eigenvalue weighted by Gasteiger charge is -2.25. The fourth-order valence-corrected chi connectivity index (χ4v) is 3.57. The van der Waals surface area contributed by atoms with E-state index in [0.717, 1.165) is 24.2 Å². The van der Waals surface area contributed by atoms with Crippen LogP contribution in [0.2, 0.25) is 5.02 Å². The number of hydrogen-bond donors (Lipinski definition) is 0. The van der Waals surface area contributed by atoms with Crippen LogP contribution in [0.4, 0.5) is 0 Å². The lowest BCUT2D eigenvalue weighted by Crippen LogP contribution is -2.39. The number of carbonyl (C=O) groups excluding carboxylic acids is 1. The van der Waals surface area contributed by atoms with E-state index < -0.39 is 6.10 Å². The monoisotopic (exact) mass is 371 g/mol. The van der Waals surface area contributed by atoms with Crippen molar-refractivity contribution in [1.29, 1.82) is 0 Å². The normalized spacial score (nSPS) is 14.4. The highest BCUT2D eigenvalue weighted by molar-refractivity contribution is 6.30. The molecule has 0 fully saturated rings. The molecule has 0 aromatic heterocycles. The first-order chi connectivity index (χ1) is 12.6. The molecule has 0 saturated carbocycles. The number of likely N-dealkylation sites (N-methyl/N-ethyl adjacent to an activating group) is 1. The molecule has 1 unspecified atom stereocenters. The van der Waals surface area contributed by atoms with Gasteiger partial charge in [-0.3, -0.25) is 4.79 Å². The van der Waals surface area contributed by atoms with Gasteiger partial charge in [-0.25, -0.2) is 0 Å². The number of fused-ring (bicyclic) bond motifs is 1. The van der Waals surface area contributed by atoms with Crippen LogP contribution >= 0.6 is 11.6 Å². The second-order valence-electron chi connectivity index (χ2n) is 6.97. The predicted molar refractivity (Wildman–Crippen MR) is 106 cm³/mol. The minimum atomic E-state index is -0.464. The van der Waals surface area contributed by atoms with Gasteiger partial charge >= 0.3 is 0 Å². The van der Waals surface area contributed by atoms with Crippen molar-refractivity contribution in [2.75, 3.05) is 7.05 Å². The standard InChI is InChI=1S/C22H26ClNO2/c1-3-21(22(25)24(2)15-16-8-11-19(23)12-9-16)26-20-13-10-17-6-4-5-7-18(17)14-20/h8-14,21H,3-7,15H2,1-2H3. The molecule has 26 heavy (non-hydrogen) atoms. The van der Waals surface area contributed by atoms with Crippen LogP contribution in [0.3, 0.4) is 0 Å². The van der Waals surface area contributed by atoms with Crippen LogP contribution < -0.4 is 4.74 Å². The van der Waals surface area contributed by atoms with Gasteiger partial charge in [-0.15, -0.1) is 0 Å². The van der Waals surface area contributed by atoms with E-state index in [1.807, 2.05) is 44.3 Å². The van der Waals surface area contributed by atoms with Crippen LogP contribution in [0, 0.1) is 0 Å². The second kappa shape index (κ2) is 8.59. The zero-order valence-electron chi connectivity index (χ0n) is 15.5. The molecule has 0 heterocycles. The van der Waals surface area contributed by atoms with Crippen LogP contribution in [0.25, 0.3) is 0 Å². The zero-order chi connectivity index (χ0) is 18.5. The molecule has 1 aliphatic rings. The molecule has 2 aromatic rings. The van der Waals surface area contributed by atoms with Gasteiger partial charge in [0, 0.05) is 18.6 Å². The van der Waals surface area contributed by atoms with Gasteiger partial charge < -0.3 is 9.64 Å². The van der Waals surface area contributed by atoms with Crippen molar-refractivity contribution in [1.82, 2.24) is 4.90 Å². The Morgan fingerprint density at radius 3 is 2.50 bits per heavy atom. The third-order valence-corrected chi connectivity index (χ3v) is 5.21. The highest BCUT2D eigenvalue weighted by atomic mass is 35.5. The van der Waals surface area contributed by atoms with Gasteiger partial charge in [-0.1, -0.05) is 36.7 Å². The molecule has 0 bridgehead atoms. The Balaban J connectivity index is 1.65. The molecular formula is C22H26ClNO2. The first kappa shape index (κ1) is 18.8. The summed E-state index contributed by atoms with van der Waals surface area (Å²) in [7, 11) is 1.82. The van der Waals surface area contributed by atoms with Crippen molar-refractivity contribution in [3.63, 3.8) is 0 Å². The lowest BCUT2D eigenvalue weighted by atomic mass is 9.92. The summed E-state index contributed by atoms with van der Waals surface area (Å²) >= 11 is 5.92. The Kier molecular flexibility index (Phi) is 6.20. The van der Waals surface area contributed by atoms with Crippen LogP contribution in [0.1, 0.15) is 42.9 Å². The van der Waals surface area contributed by atoms with Crippen molar-refractivity contribution >= 4 is 17.5 Å². The third-order valence-electron chi connectivity index (χ3n) is 4.95. The van der Waals surface area contributed by atoms with E-state index in [2.05, 4.69) is 12.1 Å². The van der Waals surface area contributed by atoms with Crippen LogP contribution in [-0.4, -0.2) is 24.0 Å². The Bertz CT molecular complexity index is 757. The van der Waals surface area contributed by atoms with Gasteiger partial charge in [0.15, 0.2) is 6.10 Å². The number of ether oxygens (including phenoxy) is 1. The number of hydrogen-bond acceptors (Lipinski definition) is 2. The maximum absolute atomic E-state index is 12.8. The first-order valence-corrected chi connectivity index (χ1v) is 9.72. The average Bonchev–Trinajstić information content (AvgIpc) is 2.67. The summed E-state index contributed by atoms with van der Waals surface area (Å²) in [5.74, 6) is 0.797. The predicted octanol–water partition coefficient (Wildman–Crippen LogP) is 5.03. The molecule has 1 atom stereocenters. The van der Waals surface area contributed by atoms with E-state index in [4.69, 9.17) is 16.3 Å². The van der Waals surface area contributed by atoms with Crippen LogP contribution in [-0.2, 0) is 24.2 Å². The Morgan fingerprint density at radius 1 is 1.12 bits per heavy atom.